The Morgan fingerprint density at radius 3 is 2.95 bits per heavy atom. The van der Waals surface area contributed by atoms with Gasteiger partial charge in [0.15, 0.2) is 0 Å². The third-order valence-corrected chi connectivity index (χ3v) is 2.81. The molecule has 6 heteroatoms. The first-order valence-corrected chi connectivity index (χ1v) is 6.28. The Bertz CT molecular complexity index is 553. The third kappa shape index (κ3) is 3.72. The molecule has 0 radical (unpaired) electrons. The van der Waals surface area contributed by atoms with Gasteiger partial charge in [0.1, 0.15) is 5.69 Å². The van der Waals surface area contributed by atoms with Crippen molar-refractivity contribution in [1.82, 2.24) is 14.9 Å². The highest BCUT2D eigenvalue weighted by atomic mass is 35.5. The fraction of sp³-hybridized carbons (Fsp3) is 0.231. The molecule has 0 aromatic carbocycles. The Labute approximate surface area is 116 Å². The average Bonchev–Trinajstić information content (AvgIpc) is 2.75. The molecule has 1 amide bonds. The summed E-state index contributed by atoms with van der Waals surface area (Å²) in [4.78, 5) is 15.9. The second-order valence-electron chi connectivity index (χ2n) is 4.08. The van der Waals surface area contributed by atoms with E-state index in [9.17, 15) is 4.79 Å². The van der Waals surface area contributed by atoms with Gasteiger partial charge in [0.25, 0.3) is 5.91 Å². The van der Waals surface area contributed by atoms with Crippen molar-refractivity contribution in [2.45, 2.75) is 0 Å². The molecule has 0 aliphatic heterocycles. The van der Waals surface area contributed by atoms with E-state index in [-0.39, 0.29) is 5.91 Å². The number of carbonyl (C=O) groups excluding carboxylic acids is 1. The number of pyridine rings is 1. The fourth-order valence-corrected chi connectivity index (χ4v) is 1.94. The highest BCUT2D eigenvalue weighted by molar-refractivity contribution is 6.31. The van der Waals surface area contributed by atoms with Gasteiger partial charge in [-0.25, -0.2) is 0 Å². The van der Waals surface area contributed by atoms with Crippen molar-refractivity contribution in [3.8, 4) is 0 Å². The number of nitrogens with one attached hydrogen (secondary N) is 2. The van der Waals surface area contributed by atoms with Crippen molar-refractivity contribution >= 4 is 23.2 Å². The van der Waals surface area contributed by atoms with E-state index in [4.69, 9.17) is 11.6 Å². The molecule has 0 saturated carbocycles. The molecule has 5 nitrogen and oxygen atoms in total. The molecule has 2 heterocycles. The van der Waals surface area contributed by atoms with Gasteiger partial charge in [-0.05, 0) is 18.2 Å². The average molecular weight is 279 g/mol. The van der Waals surface area contributed by atoms with Crippen LogP contribution in [0, 0.1) is 0 Å². The van der Waals surface area contributed by atoms with Crippen molar-refractivity contribution < 1.29 is 4.79 Å². The summed E-state index contributed by atoms with van der Waals surface area (Å²) in [5.41, 5.74) is 1.48. The van der Waals surface area contributed by atoms with Crippen LogP contribution in [0.4, 0.5) is 5.69 Å². The van der Waals surface area contributed by atoms with E-state index in [2.05, 4.69) is 15.6 Å². The normalized spacial score (nSPS) is 10.2. The number of rotatable bonds is 5. The van der Waals surface area contributed by atoms with Crippen molar-refractivity contribution in [2.24, 2.45) is 7.05 Å². The summed E-state index contributed by atoms with van der Waals surface area (Å²) in [5, 5.41) is 6.54. The first-order valence-electron chi connectivity index (χ1n) is 5.91. The molecule has 0 fully saturated rings. The van der Waals surface area contributed by atoms with E-state index >= 15 is 0 Å². The summed E-state index contributed by atoms with van der Waals surface area (Å²) >= 11 is 5.83. The van der Waals surface area contributed by atoms with Crippen LogP contribution in [0.3, 0.4) is 0 Å². The molecule has 2 aromatic heterocycles. The van der Waals surface area contributed by atoms with Crippen LogP contribution in [0.5, 0.6) is 0 Å². The second-order valence-corrected chi connectivity index (χ2v) is 4.52. The van der Waals surface area contributed by atoms with E-state index in [1.54, 1.807) is 36.3 Å². The number of carbonyl (C=O) groups is 1. The number of hydrogen-bond donors (Lipinski definition) is 2. The van der Waals surface area contributed by atoms with Crippen LogP contribution < -0.4 is 10.6 Å². The zero-order valence-electron chi connectivity index (χ0n) is 10.6. The fourth-order valence-electron chi connectivity index (χ4n) is 1.69. The number of aromatic nitrogens is 2. The molecule has 2 aromatic rings. The van der Waals surface area contributed by atoms with Crippen LogP contribution >= 0.6 is 11.6 Å². The standard InChI is InChI=1S/C13H15ClN4O/c1-18-9-10(14)7-12(18)13(19)17-6-5-16-11-3-2-4-15-8-11/h2-4,7-9,16H,5-6H2,1H3,(H,17,19). The molecule has 0 unspecified atom stereocenters. The molecule has 19 heavy (non-hydrogen) atoms. The van der Waals surface area contributed by atoms with Crippen LogP contribution in [-0.2, 0) is 7.05 Å². The predicted octanol–water partition coefficient (Wildman–Crippen LogP) is 1.92. The maximum absolute atomic E-state index is 11.9. The van der Waals surface area contributed by atoms with Gasteiger partial charge in [0.2, 0.25) is 0 Å². The minimum absolute atomic E-state index is 0.137. The van der Waals surface area contributed by atoms with Crippen LogP contribution in [0.25, 0.3) is 0 Å². The van der Waals surface area contributed by atoms with Crippen molar-refractivity contribution in [1.29, 1.82) is 0 Å². The highest BCUT2D eigenvalue weighted by Gasteiger charge is 2.09. The van der Waals surface area contributed by atoms with E-state index in [1.165, 1.54) is 0 Å². The molecular weight excluding hydrogens is 264 g/mol. The molecular formula is C13H15ClN4O. The Hall–Kier alpha value is -2.01. The Morgan fingerprint density at radius 2 is 2.32 bits per heavy atom. The first kappa shape index (κ1) is 13.4. The van der Waals surface area contributed by atoms with Crippen LogP contribution in [0.2, 0.25) is 5.02 Å². The molecule has 0 aliphatic rings. The van der Waals surface area contributed by atoms with E-state index in [1.807, 2.05) is 12.1 Å². The zero-order valence-corrected chi connectivity index (χ0v) is 11.3. The molecule has 0 saturated heterocycles. The number of halogens is 1. The number of nitrogens with zero attached hydrogens (tertiary/aromatic N) is 2. The van der Waals surface area contributed by atoms with Gasteiger partial charge in [0, 0.05) is 38.7 Å². The van der Waals surface area contributed by atoms with Crippen LogP contribution in [-0.4, -0.2) is 28.5 Å². The minimum Gasteiger partial charge on any atom is -0.382 e. The summed E-state index contributed by atoms with van der Waals surface area (Å²) in [6, 6.07) is 5.42. The topological polar surface area (TPSA) is 59.0 Å². The van der Waals surface area contributed by atoms with Gasteiger partial charge in [0.05, 0.1) is 10.7 Å². The van der Waals surface area contributed by atoms with E-state index in [0.29, 0.717) is 23.8 Å². The van der Waals surface area contributed by atoms with Crippen LogP contribution in [0.1, 0.15) is 10.5 Å². The minimum atomic E-state index is -0.137. The monoisotopic (exact) mass is 278 g/mol. The molecule has 0 bridgehead atoms. The Kier molecular flexibility index (Phi) is 4.41. The van der Waals surface area contributed by atoms with E-state index < -0.39 is 0 Å². The highest BCUT2D eigenvalue weighted by Crippen LogP contribution is 2.12. The Morgan fingerprint density at radius 1 is 1.47 bits per heavy atom. The largest absolute Gasteiger partial charge is 0.382 e. The smallest absolute Gasteiger partial charge is 0.268 e. The summed E-state index contributed by atoms with van der Waals surface area (Å²) in [6.45, 7) is 1.16. The van der Waals surface area contributed by atoms with E-state index in [0.717, 1.165) is 5.69 Å². The van der Waals surface area contributed by atoms with Crippen LogP contribution in [0.15, 0.2) is 36.8 Å². The van der Waals surface area contributed by atoms with Gasteiger partial charge in [-0.2, -0.15) is 0 Å². The summed E-state index contributed by atoms with van der Waals surface area (Å²) in [6.07, 6.45) is 5.15. The first-order chi connectivity index (χ1) is 9.16. The zero-order chi connectivity index (χ0) is 13.7. The molecule has 0 spiro atoms. The Balaban J connectivity index is 1.77. The van der Waals surface area contributed by atoms with Crippen molar-refractivity contribution in [3.05, 3.63) is 47.5 Å². The number of anilines is 1. The van der Waals surface area contributed by atoms with Gasteiger partial charge >= 0.3 is 0 Å². The van der Waals surface area contributed by atoms with Crippen molar-refractivity contribution in [3.63, 3.8) is 0 Å². The maximum atomic E-state index is 11.9. The third-order valence-electron chi connectivity index (χ3n) is 2.61. The molecule has 0 aliphatic carbocycles. The molecule has 2 N–H and O–H groups in total. The van der Waals surface area contributed by atoms with Crippen molar-refractivity contribution in [2.75, 3.05) is 18.4 Å². The molecule has 2 rings (SSSR count). The summed E-state index contributed by atoms with van der Waals surface area (Å²) in [5.74, 6) is -0.137. The molecule has 100 valence electrons. The number of amides is 1. The molecule has 0 atom stereocenters. The summed E-state index contributed by atoms with van der Waals surface area (Å²) < 4.78 is 1.70. The number of aryl methyl sites for hydroxylation is 1. The number of hydrogen-bond acceptors (Lipinski definition) is 3. The SMILES string of the molecule is Cn1cc(Cl)cc1C(=O)NCCNc1cccnc1. The maximum Gasteiger partial charge on any atom is 0.268 e. The summed E-state index contributed by atoms with van der Waals surface area (Å²) in [7, 11) is 1.79. The lowest BCUT2D eigenvalue weighted by Gasteiger charge is -2.08. The van der Waals surface area contributed by atoms with Gasteiger partial charge in [-0.3, -0.25) is 9.78 Å². The van der Waals surface area contributed by atoms with Gasteiger partial charge < -0.3 is 15.2 Å². The quantitative estimate of drug-likeness (QED) is 0.822. The lowest BCUT2D eigenvalue weighted by molar-refractivity contribution is 0.0947. The lowest BCUT2D eigenvalue weighted by atomic mass is 10.4. The predicted molar refractivity (Wildman–Crippen MR) is 75.5 cm³/mol. The van der Waals surface area contributed by atoms with Gasteiger partial charge in [-0.15, -0.1) is 0 Å². The van der Waals surface area contributed by atoms with Gasteiger partial charge in [-0.1, -0.05) is 11.6 Å². The second kappa shape index (κ2) is 6.24. The lowest BCUT2D eigenvalue weighted by Crippen LogP contribution is -2.30.